The summed E-state index contributed by atoms with van der Waals surface area (Å²) < 4.78 is 5.20. The molecule has 0 radical (unpaired) electrons. The Kier molecular flexibility index (Phi) is 5.24. The molecule has 4 rings (SSSR count). The van der Waals surface area contributed by atoms with Crippen molar-refractivity contribution in [3.05, 3.63) is 48.0 Å². The zero-order chi connectivity index (χ0) is 20.4. The molecule has 0 amide bonds. The van der Waals surface area contributed by atoms with E-state index in [1.54, 1.807) is 13.1 Å². The van der Waals surface area contributed by atoms with Crippen molar-refractivity contribution >= 4 is 28.6 Å². The fourth-order valence-corrected chi connectivity index (χ4v) is 3.56. The maximum absolute atomic E-state index is 11.2. The standard InChI is InChI=1S/C21H24N6O2/c1-14-21(24-18-7-5-4-6-17(18)23-14)27-12-10-26(11-13-27)19-8-9-22-20(25-19)15(2)29-16(3)28/h4-9,15H,10-13H2,1-3H3/t15-/m1/s1. The number of piperazine rings is 1. The minimum Gasteiger partial charge on any atom is -0.455 e. The number of carbonyl (C=O) groups excluding carboxylic acids is 1. The molecule has 1 aliphatic rings. The molecule has 1 atom stereocenters. The molecule has 8 nitrogen and oxygen atoms in total. The average molecular weight is 392 g/mol. The van der Waals surface area contributed by atoms with Gasteiger partial charge in [-0.05, 0) is 32.0 Å². The van der Waals surface area contributed by atoms with Crippen LogP contribution in [0.3, 0.4) is 0 Å². The Morgan fingerprint density at radius 1 is 1.00 bits per heavy atom. The highest BCUT2D eigenvalue weighted by Crippen LogP contribution is 2.23. The molecule has 1 fully saturated rings. The molecule has 2 aromatic heterocycles. The van der Waals surface area contributed by atoms with Crippen molar-refractivity contribution in [1.29, 1.82) is 0 Å². The van der Waals surface area contributed by atoms with Gasteiger partial charge in [-0.3, -0.25) is 4.79 Å². The summed E-state index contributed by atoms with van der Waals surface area (Å²) in [5.41, 5.74) is 2.77. The first kappa shape index (κ1) is 19.0. The highest BCUT2D eigenvalue weighted by Gasteiger charge is 2.22. The van der Waals surface area contributed by atoms with Crippen LogP contribution >= 0.6 is 0 Å². The van der Waals surface area contributed by atoms with E-state index in [1.165, 1.54) is 6.92 Å². The van der Waals surface area contributed by atoms with Crippen molar-refractivity contribution in [3.63, 3.8) is 0 Å². The number of nitrogens with zero attached hydrogens (tertiary/aromatic N) is 6. The maximum Gasteiger partial charge on any atom is 0.303 e. The van der Waals surface area contributed by atoms with E-state index in [4.69, 9.17) is 14.7 Å². The Balaban J connectivity index is 1.47. The highest BCUT2D eigenvalue weighted by molar-refractivity contribution is 5.76. The van der Waals surface area contributed by atoms with Crippen molar-refractivity contribution in [1.82, 2.24) is 19.9 Å². The molecule has 0 aliphatic carbocycles. The number of fused-ring (bicyclic) bond motifs is 1. The molecule has 1 saturated heterocycles. The van der Waals surface area contributed by atoms with Crippen LogP contribution in [-0.4, -0.2) is 52.1 Å². The van der Waals surface area contributed by atoms with Gasteiger partial charge in [-0.25, -0.2) is 19.9 Å². The lowest BCUT2D eigenvalue weighted by Gasteiger charge is -2.36. The summed E-state index contributed by atoms with van der Waals surface area (Å²) >= 11 is 0. The van der Waals surface area contributed by atoms with E-state index in [2.05, 4.69) is 19.8 Å². The lowest BCUT2D eigenvalue weighted by molar-refractivity contribution is -0.146. The Hall–Kier alpha value is -3.29. The predicted octanol–water partition coefficient (Wildman–Crippen LogP) is 2.68. The summed E-state index contributed by atoms with van der Waals surface area (Å²) in [5, 5.41) is 0. The van der Waals surface area contributed by atoms with Crippen LogP contribution in [0.25, 0.3) is 11.0 Å². The number of hydrogen-bond donors (Lipinski definition) is 0. The normalized spacial score (nSPS) is 15.4. The predicted molar refractivity (Wildman–Crippen MR) is 111 cm³/mol. The van der Waals surface area contributed by atoms with Gasteiger partial charge in [0, 0.05) is 39.3 Å². The van der Waals surface area contributed by atoms with Gasteiger partial charge in [-0.15, -0.1) is 0 Å². The van der Waals surface area contributed by atoms with Crippen molar-refractivity contribution in [2.45, 2.75) is 26.9 Å². The molecule has 1 aromatic carbocycles. The van der Waals surface area contributed by atoms with Crippen LogP contribution in [0.5, 0.6) is 0 Å². The molecule has 0 bridgehead atoms. The first-order valence-corrected chi connectivity index (χ1v) is 9.74. The third-order valence-electron chi connectivity index (χ3n) is 4.99. The molecule has 0 saturated carbocycles. The topological polar surface area (TPSA) is 84.3 Å². The number of benzene rings is 1. The second-order valence-corrected chi connectivity index (χ2v) is 7.12. The van der Waals surface area contributed by atoms with Crippen molar-refractivity contribution in [3.8, 4) is 0 Å². The number of ether oxygens (including phenoxy) is 1. The molecule has 8 heteroatoms. The van der Waals surface area contributed by atoms with Crippen LogP contribution in [0.1, 0.15) is 31.5 Å². The van der Waals surface area contributed by atoms with Gasteiger partial charge in [0.2, 0.25) is 0 Å². The van der Waals surface area contributed by atoms with Gasteiger partial charge in [-0.1, -0.05) is 12.1 Å². The third kappa shape index (κ3) is 4.11. The summed E-state index contributed by atoms with van der Waals surface area (Å²) in [7, 11) is 0. The molecule has 3 heterocycles. The number of rotatable bonds is 4. The van der Waals surface area contributed by atoms with Gasteiger partial charge in [-0.2, -0.15) is 0 Å². The highest BCUT2D eigenvalue weighted by atomic mass is 16.5. The second kappa shape index (κ2) is 7.98. The van der Waals surface area contributed by atoms with E-state index in [0.717, 1.165) is 54.5 Å². The second-order valence-electron chi connectivity index (χ2n) is 7.12. The van der Waals surface area contributed by atoms with E-state index in [-0.39, 0.29) is 5.97 Å². The van der Waals surface area contributed by atoms with Gasteiger partial charge >= 0.3 is 5.97 Å². The number of aromatic nitrogens is 4. The lowest BCUT2D eigenvalue weighted by atomic mass is 10.2. The fraction of sp³-hybridized carbons (Fsp3) is 0.381. The van der Waals surface area contributed by atoms with Crippen LogP contribution in [0, 0.1) is 6.92 Å². The molecule has 1 aliphatic heterocycles. The quantitative estimate of drug-likeness (QED) is 0.627. The Bertz CT molecular complexity index is 1030. The Labute approximate surface area is 169 Å². The first-order valence-electron chi connectivity index (χ1n) is 9.74. The molecule has 0 spiro atoms. The van der Waals surface area contributed by atoms with E-state index in [0.29, 0.717) is 5.82 Å². The fourth-order valence-electron chi connectivity index (χ4n) is 3.56. The Morgan fingerprint density at radius 2 is 1.66 bits per heavy atom. The van der Waals surface area contributed by atoms with E-state index >= 15 is 0 Å². The number of anilines is 2. The molecular weight excluding hydrogens is 368 g/mol. The zero-order valence-electron chi connectivity index (χ0n) is 16.9. The maximum atomic E-state index is 11.2. The summed E-state index contributed by atoms with van der Waals surface area (Å²) in [6.45, 7) is 8.45. The van der Waals surface area contributed by atoms with Gasteiger partial charge in [0.05, 0.1) is 16.7 Å². The number of carbonyl (C=O) groups is 1. The lowest BCUT2D eigenvalue weighted by Crippen LogP contribution is -2.47. The largest absolute Gasteiger partial charge is 0.455 e. The summed E-state index contributed by atoms with van der Waals surface area (Å²) in [4.78, 5) is 34.1. The van der Waals surface area contributed by atoms with Crippen LogP contribution in [0.15, 0.2) is 36.5 Å². The van der Waals surface area contributed by atoms with Gasteiger partial charge < -0.3 is 14.5 Å². The monoisotopic (exact) mass is 392 g/mol. The minimum absolute atomic E-state index is 0.341. The zero-order valence-corrected chi connectivity index (χ0v) is 16.9. The smallest absolute Gasteiger partial charge is 0.303 e. The van der Waals surface area contributed by atoms with Gasteiger partial charge in [0.1, 0.15) is 5.82 Å². The van der Waals surface area contributed by atoms with Crippen LogP contribution < -0.4 is 9.80 Å². The van der Waals surface area contributed by atoms with Crippen molar-refractivity contribution in [2.24, 2.45) is 0 Å². The van der Waals surface area contributed by atoms with Crippen LogP contribution in [-0.2, 0) is 9.53 Å². The molecule has 29 heavy (non-hydrogen) atoms. The molecule has 0 unspecified atom stereocenters. The number of esters is 1. The Morgan fingerprint density at radius 3 is 2.34 bits per heavy atom. The molecular formula is C21H24N6O2. The number of para-hydroxylation sites is 2. The van der Waals surface area contributed by atoms with E-state index in [9.17, 15) is 4.79 Å². The summed E-state index contributed by atoms with van der Waals surface area (Å²) in [6.07, 6.45) is 1.24. The molecule has 0 N–H and O–H groups in total. The summed E-state index contributed by atoms with van der Waals surface area (Å²) in [5.74, 6) is 1.95. The minimum atomic E-state index is -0.468. The first-order chi connectivity index (χ1) is 14.0. The summed E-state index contributed by atoms with van der Waals surface area (Å²) in [6, 6.07) is 9.83. The molecule has 150 valence electrons. The van der Waals surface area contributed by atoms with Crippen LogP contribution in [0.2, 0.25) is 0 Å². The van der Waals surface area contributed by atoms with E-state index in [1.807, 2.05) is 37.3 Å². The number of aryl methyl sites for hydroxylation is 1. The number of hydrogen-bond acceptors (Lipinski definition) is 8. The van der Waals surface area contributed by atoms with Crippen LogP contribution in [0.4, 0.5) is 11.6 Å². The van der Waals surface area contributed by atoms with Crippen molar-refractivity contribution in [2.75, 3.05) is 36.0 Å². The van der Waals surface area contributed by atoms with Crippen molar-refractivity contribution < 1.29 is 9.53 Å². The SMILES string of the molecule is CC(=O)O[C@H](C)c1nccc(N2CCN(c3nc4ccccc4nc3C)CC2)n1. The third-order valence-corrected chi connectivity index (χ3v) is 4.99. The molecule has 3 aromatic rings. The van der Waals surface area contributed by atoms with Gasteiger partial charge in [0.15, 0.2) is 17.7 Å². The van der Waals surface area contributed by atoms with Gasteiger partial charge in [0.25, 0.3) is 0 Å². The van der Waals surface area contributed by atoms with E-state index < -0.39 is 6.10 Å². The average Bonchev–Trinajstić information content (AvgIpc) is 2.73.